The van der Waals surface area contributed by atoms with Gasteiger partial charge in [0, 0.05) is 24.4 Å². The summed E-state index contributed by atoms with van der Waals surface area (Å²) in [5.74, 6) is -0.0327. The molecule has 0 aliphatic rings. The molecule has 0 saturated carbocycles. The minimum Gasteiger partial charge on any atom is -0.349 e. The fraction of sp³-hybridized carbons (Fsp3) is 0.158. The van der Waals surface area contributed by atoms with Gasteiger partial charge in [0.15, 0.2) is 0 Å². The normalized spacial score (nSPS) is 12.0. The molecule has 2 aromatic carbocycles. The number of nitrogens with zero attached hydrogens (tertiary/aromatic N) is 1. The van der Waals surface area contributed by atoms with Crippen molar-refractivity contribution in [1.29, 1.82) is 0 Å². The maximum Gasteiger partial charge on any atom is 0.217 e. The average Bonchev–Trinajstić information content (AvgIpc) is 2.54. The molecule has 1 atom stereocenters. The highest BCUT2D eigenvalue weighted by Crippen LogP contribution is 2.19. The number of fused-ring (bicyclic) bond motifs is 1. The lowest BCUT2D eigenvalue weighted by Crippen LogP contribution is -2.27. The topological polar surface area (TPSA) is 42.0 Å². The molecule has 0 aliphatic carbocycles. The lowest BCUT2D eigenvalue weighted by atomic mass is 10.0. The first-order chi connectivity index (χ1) is 10.7. The highest BCUT2D eigenvalue weighted by atomic mass is 16.1. The van der Waals surface area contributed by atoms with Crippen molar-refractivity contribution in [2.45, 2.75) is 19.4 Å². The molecule has 3 heteroatoms. The quantitative estimate of drug-likeness (QED) is 0.797. The number of carbonyl (C=O) groups excluding carboxylic acids is 1. The first kappa shape index (κ1) is 14.3. The van der Waals surface area contributed by atoms with Crippen LogP contribution in [0.2, 0.25) is 0 Å². The summed E-state index contributed by atoms with van der Waals surface area (Å²) < 4.78 is 0. The second-order valence-electron chi connectivity index (χ2n) is 5.36. The van der Waals surface area contributed by atoms with Gasteiger partial charge in [-0.2, -0.15) is 0 Å². The molecule has 1 N–H and O–H groups in total. The first-order valence-electron chi connectivity index (χ1n) is 7.39. The number of benzene rings is 2. The number of hydrogen-bond donors (Lipinski definition) is 1. The lowest BCUT2D eigenvalue weighted by Gasteiger charge is -2.18. The van der Waals surface area contributed by atoms with E-state index in [1.807, 2.05) is 54.6 Å². The van der Waals surface area contributed by atoms with Crippen LogP contribution in [0.3, 0.4) is 0 Å². The van der Waals surface area contributed by atoms with Gasteiger partial charge in [-0.25, -0.2) is 0 Å². The van der Waals surface area contributed by atoms with Gasteiger partial charge in [-0.15, -0.1) is 0 Å². The maximum atomic E-state index is 11.5. The smallest absolute Gasteiger partial charge is 0.217 e. The predicted molar refractivity (Wildman–Crippen MR) is 88.4 cm³/mol. The van der Waals surface area contributed by atoms with Gasteiger partial charge in [-0.05, 0) is 17.7 Å². The molecular weight excluding hydrogens is 272 g/mol. The van der Waals surface area contributed by atoms with Crippen LogP contribution in [0.15, 0.2) is 66.7 Å². The zero-order chi connectivity index (χ0) is 15.4. The fourth-order valence-electron chi connectivity index (χ4n) is 2.61. The third-order valence-corrected chi connectivity index (χ3v) is 3.65. The van der Waals surface area contributed by atoms with Crippen LogP contribution in [-0.2, 0) is 11.2 Å². The Morgan fingerprint density at radius 3 is 2.50 bits per heavy atom. The Kier molecular flexibility index (Phi) is 4.15. The van der Waals surface area contributed by atoms with E-state index >= 15 is 0 Å². The third-order valence-electron chi connectivity index (χ3n) is 3.65. The largest absolute Gasteiger partial charge is 0.349 e. The fourth-order valence-corrected chi connectivity index (χ4v) is 2.61. The first-order valence-corrected chi connectivity index (χ1v) is 7.39. The highest BCUT2D eigenvalue weighted by Gasteiger charge is 2.14. The van der Waals surface area contributed by atoms with E-state index in [9.17, 15) is 4.79 Å². The van der Waals surface area contributed by atoms with E-state index < -0.39 is 0 Å². The molecule has 110 valence electrons. The Morgan fingerprint density at radius 1 is 1.00 bits per heavy atom. The molecule has 0 fully saturated rings. The Balaban J connectivity index is 1.89. The molecule has 0 saturated heterocycles. The third kappa shape index (κ3) is 3.31. The van der Waals surface area contributed by atoms with E-state index in [1.165, 1.54) is 0 Å². The lowest BCUT2D eigenvalue weighted by molar-refractivity contribution is -0.119. The molecule has 0 unspecified atom stereocenters. The van der Waals surface area contributed by atoms with Gasteiger partial charge < -0.3 is 5.32 Å². The van der Waals surface area contributed by atoms with Gasteiger partial charge in [0.25, 0.3) is 0 Å². The van der Waals surface area contributed by atoms with Gasteiger partial charge in [0.05, 0.1) is 11.6 Å². The number of rotatable bonds is 4. The number of aromatic nitrogens is 1. The molecule has 3 aromatic rings. The van der Waals surface area contributed by atoms with Crippen molar-refractivity contribution in [2.75, 3.05) is 0 Å². The van der Waals surface area contributed by atoms with Crippen LogP contribution in [-0.4, -0.2) is 10.9 Å². The Labute approximate surface area is 130 Å². The molecular formula is C19H18N2O. The van der Waals surface area contributed by atoms with Crippen molar-refractivity contribution in [2.24, 2.45) is 0 Å². The highest BCUT2D eigenvalue weighted by molar-refractivity contribution is 5.78. The molecule has 3 rings (SSSR count). The SMILES string of the molecule is CC(=O)N[C@H](Cc1ccc2ccccc2n1)c1ccccc1. The molecule has 0 bridgehead atoms. The molecule has 3 nitrogen and oxygen atoms in total. The van der Waals surface area contributed by atoms with Gasteiger partial charge in [0.2, 0.25) is 5.91 Å². The van der Waals surface area contributed by atoms with E-state index in [0.717, 1.165) is 22.2 Å². The van der Waals surface area contributed by atoms with E-state index in [-0.39, 0.29) is 11.9 Å². The van der Waals surface area contributed by atoms with Crippen LogP contribution in [0, 0.1) is 0 Å². The number of nitrogens with one attached hydrogen (secondary N) is 1. The molecule has 0 aliphatic heterocycles. The van der Waals surface area contributed by atoms with Crippen molar-refractivity contribution in [3.8, 4) is 0 Å². The van der Waals surface area contributed by atoms with Crippen molar-refractivity contribution >= 4 is 16.8 Å². The molecule has 22 heavy (non-hydrogen) atoms. The Hall–Kier alpha value is -2.68. The zero-order valence-corrected chi connectivity index (χ0v) is 12.5. The van der Waals surface area contributed by atoms with E-state index in [1.54, 1.807) is 6.92 Å². The summed E-state index contributed by atoms with van der Waals surface area (Å²) in [6, 6.07) is 22.1. The maximum absolute atomic E-state index is 11.5. The van der Waals surface area contributed by atoms with Gasteiger partial charge in [-0.3, -0.25) is 9.78 Å². The number of pyridine rings is 1. The summed E-state index contributed by atoms with van der Waals surface area (Å²) in [5.41, 5.74) is 3.04. The van der Waals surface area contributed by atoms with Crippen LogP contribution in [0.1, 0.15) is 24.2 Å². The summed E-state index contributed by atoms with van der Waals surface area (Å²) >= 11 is 0. The number of amides is 1. The second-order valence-corrected chi connectivity index (χ2v) is 5.36. The van der Waals surface area contributed by atoms with Crippen LogP contribution in [0.4, 0.5) is 0 Å². The van der Waals surface area contributed by atoms with Crippen molar-refractivity contribution in [3.63, 3.8) is 0 Å². The van der Waals surface area contributed by atoms with Crippen molar-refractivity contribution < 1.29 is 4.79 Å². The number of hydrogen-bond acceptors (Lipinski definition) is 2. The summed E-state index contributed by atoms with van der Waals surface area (Å²) in [6.45, 7) is 1.55. The second kappa shape index (κ2) is 6.39. The summed E-state index contributed by atoms with van der Waals surface area (Å²) in [7, 11) is 0. The molecule has 1 heterocycles. The van der Waals surface area contributed by atoms with Gasteiger partial charge in [0.1, 0.15) is 0 Å². The van der Waals surface area contributed by atoms with E-state index in [0.29, 0.717) is 6.42 Å². The number of para-hydroxylation sites is 1. The van der Waals surface area contributed by atoms with Crippen LogP contribution in [0.25, 0.3) is 10.9 Å². The van der Waals surface area contributed by atoms with Crippen molar-refractivity contribution in [3.05, 3.63) is 78.0 Å². The Morgan fingerprint density at radius 2 is 1.73 bits per heavy atom. The monoisotopic (exact) mass is 290 g/mol. The van der Waals surface area contributed by atoms with E-state index in [2.05, 4.69) is 17.4 Å². The van der Waals surface area contributed by atoms with Gasteiger partial charge in [-0.1, -0.05) is 54.6 Å². The molecule has 0 spiro atoms. The standard InChI is InChI=1S/C19H18N2O/c1-14(22)20-19(15-7-3-2-4-8-15)13-17-12-11-16-9-5-6-10-18(16)21-17/h2-12,19H,13H2,1H3,(H,20,22)/t19-/m1/s1. The van der Waals surface area contributed by atoms with Crippen LogP contribution in [0.5, 0.6) is 0 Å². The summed E-state index contributed by atoms with van der Waals surface area (Å²) in [6.07, 6.45) is 0.675. The summed E-state index contributed by atoms with van der Waals surface area (Å²) in [5, 5.41) is 4.14. The number of carbonyl (C=O) groups is 1. The predicted octanol–water partition coefficient (Wildman–Crippen LogP) is 3.65. The average molecular weight is 290 g/mol. The zero-order valence-electron chi connectivity index (χ0n) is 12.5. The van der Waals surface area contributed by atoms with Crippen LogP contribution < -0.4 is 5.32 Å². The Bertz CT molecular complexity index is 784. The molecule has 0 radical (unpaired) electrons. The van der Waals surface area contributed by atoms with Crippen molar-refractivity contribution in [1.82, 2.24) is 10.3 Å². The minimum absolute atomic E-state index is 0.0327. The molecule has 1 aromatic heterocycles. The van der Waals surface area contributed by atoms with Gasteiger partial charge >= 0.3 is 0 Å². The van der Waals surface area contributed by atoms with Crippen LogP contribution >= 0.6 is 0 Å². The minimum atomic E-state index is -0.0626. The summed E-state index contributed by atoms with van der Waals surface area (Å²) in [4.78, 5) is 16.2. The van der Waals surface area contributed by atoms with E-state index in [4.69, 9.17) is 4.98 Å². The molecule has 1 amide bonds.